The molecule has 0 saturated carbocycles. The number of likely N-dealkylation sites (tertiary alicyclic amines) is 1. The van der Waals surface area contributed by atoms with Crippen molar-refractivity contribution in [1.82, 2.24) is 9.80 Å². The molecule has 2 fully saturated rings. The van der Waals surface area contributed by atoms with Crippen molar-refractivity contribution in [2.24, 2.45) is 5.73 Å². The maximum atomic E-state index is 13.9. The van der Waals surface area contributed by atoms with E-state index >= 15 is 0 Å². The fourth-order valence-electron chi connectivity index (χ4n) is 4.95. The Morgan fingerprint density at radius 2 is 1.69 bits per heavy atom. The van der Waals surface area contributed by atoms with Crippen LogP contribution >= 0.6 is 11.6 Å². The van der Waals surface area contributed by atoms with Crippen LogP contribution in [0.2, 0.25) is 5.02 Å². The Morgan fingerprint density at radius 1 is 1.08 bits per heavy atom. The number of amides is 3. The van der Waals surface area contributed by atoms with Gasteiger partial charge in [-0.05, 0) is 56.9 Å². The molecule has 0 bridgehead atoms. The predicted octanol–water partition coefficient (Wildman–Crippen LogP) is 4.66. The van der Waals surface area contributed by atoms with Crippen molar-refractivity contribution in [3.63, 3.8) is 0 Å². The van der Waals surface area contributed by atoms with E-state index in [1.165, 1.54) is 0 Å². The zero-order chi connectivity index (χ0) is 26.1. The van der Waals surface area contributed by atoms with Gasteiger partial charge in [-0.15, -0.1) is 0 Å². The lowest BCUT2D eigenvalue weighted by Gasteiger charge is -2.45. The van der Waals surface area contributed by atoms with Gasteiger partial charge >= 0.3 is 12.2 Å². The van der Waals surface area contributed by atoms with Crippen LogP contribution in [0.3, 0.4) is 0 Å². The normalized spacial score (nSPS) is 20.6. The topological polar surface area (TPSA) is 102 Å². The van der Waals surface area contributed by atoms with E-state index in [9.17, 15) is 14.4 Å². The standard InChI is InChI=1S/C27H32ClN3O5/c1-26(2,3)36-24(33)30-15-13-27(14-16-30,19-9-11-20(28)12-10-19)22(29)23(32)31-21(17-35-25(31)34)18-7-5-4-6-8-18/h4-12,21-22H,13-17,29H2,1-3H3/t21-,22-/m1/s1. The monoisotopic (exact) mass is 513 g/mol. The van der Waals surface area contributed by atoms with Crippen molar-refractivity contribution >= 4 is 29.7 Å². The molecule has 0 radical (unpaired) electrons. The van der Waals surface area contributed by atoms with Crippen LogP contribution in [-0.2, 0) is 19.7 Å². The van der Waals surface area contributed by atoms with Crippen molar-refractivity contribution < 1.29 is 23.9 Å². The summed E-state index contributed by atoms with van der Waals surface area (Å²) in [6, 6.07) is 14.9. The summed E-state index contributed by atoms with van der Waals surface area (Å²) in [5, 5.41) is 0.562. The summed E-state index contributed by atoms with van der Waals surface area (Å²) in [5.74, 6) is -0.507. The van der Waals surface area contributed by atoms with E-state index in [0.29, 0.717) is 31.0 Å². The highest BCUT2D eigenvalue weighted by Gasteiger charge is 2.50. The number of rotatable bonds is 4. The average Bonchev–Trinajstić information content (AvgIpc) is 3.24. The van der Waals surface area contributed by atoms with Gasteiger partial charge in [0.25, 0.3) is 0 Å². The van der Waals surface area contributed by atoms with Crippen LogP contribution in [-0.4, -0.2) is 59.2 Å². The number of benzene rings is 2. The van der Waals surface area contributed by atoms with Crippen LogP contribution < -0.4 is 5.73 Å². The molecule has 2 heterocycles. The van der Waals surface area contributed by atoms with Gasteiger partial charge in [-0.25, -0.2) is 14.5 Å². The fourth-order valence-corrected chi connectivity index (χ4v) is 5.07. The lowest BCUT2D eigenvalue weighted by Crippen LogP contribution is -2.60. The molecule has 36 heavy (non-hydrogen) atoms. The highest BCUT2D eigenvalue weighted by atomic mass is 35.5. The van der Waals surface area contributed by atoms with Gasteiger partial charge in [0.15, 0.2) is 0 Å². The van der Waals surface area contributed by atoms with E-state index in [4.69, 9.17) is 26.8 Å². The van der Waals surface area contributed by atoms with Crippen molar-refractivity contribution in [2.45, 2.75) is 56.7 Å². The lowest BCUT2D eigenvalue weighted by molar-refractivity contribution is -0.133. The summed E-state index contributed by atoms with van der Waals surface area (Å²) in [6.45, 7) is 6.23. The molecule has 0 aromatic heterocycles. The van der Waals surface area contributed by atoms with E-state index in [0.717, 1.165) is 16.0 Å². The first-order chi connectivity index (χ1) is 17.0. The molecular weight excluding hydrogens is 482 g/mol. The molecule has 192 valence electrons. The minimum absolute atomic E-state index is 0.0711. The molecule has 0 spiro atoms. The number of imide groups is 1. The second-order valence-corrected chi connectivity index (χ2v) is 10.8. The fraction of sp³-hybridized carbons (Fsp3) is 0.444. The molecule has 2 saturated heterocycles. The molecule has 0 unspecified atom stereocenters. The predicted molar refractivity (Wildman–Crippen MR) is 136 cm³/mol. The number of nitrogens with zero attached hydrogens (tertiary/aromatic N) is 2. The average molecular weight is 514 g/mol. The molecular formula is C27H32ClN3O5. The van der Waals surface area contributed by atoms with E-state index in [1.807, 2.05) is 63.2 Å². The van der Waals surface area contributed by atoms with Crippen LogP contribution in [0.1, 0.15) is 50.8 Å². The maximum absolute atomic E-state index is 13.9. The second kappa shape index (κ2) is 10.1. The van der Waals surface area contributed by atoms with Gasteiger partial charge in [-0.3, -0.25) is 4.79 Å². The molecule has 8 nitrogen and oxygen atoms in total. The molecule has 9 heteroatoms. The zero-order valence-electron chi connectivity index (χ0n) is 20.8. The van der Waals surface area contributed by atoms with Crippen molar-refractivity contribution in [1.29, 1.82) is 0 Å². The minimum Gasteiger partial charge on any atom is -0.446 e. The Morgan fingerprint density at radius 3 is 2.28 bits per heavy atom. The van der Waals surface area contributed by atoms with Crippen LogP contribution in [0.5, 0.6) is 0 Å². The summed E-state index contributed by atoms with van der Waals surface area (Å²) in [7, 11) is 0. The Bertz CT molecular complexity index is 1110. The number of carbonyl (C=O) groups excluding carboxylic acids is 3. The number of piperidine rings is 1. The summed E-state index contributed by atoms with van der Waals surface area (Å²) in [5.41, 5.74) is 6.94. The lowest BCUT2D eigenvalue weighted by atomic mass is 9.67. The smallest absolute Gasteiger partial charge is 0.417 e. The molecule has 2 aromatic rings. The van der Waals surface area contributed by atoms with Gasteiger partial charge in [0, 0.05) is 23.5 Å². The summed E-state index contributed by atoms with van der Waals surface area (Å²) < 4.78 is 10.8. The number of hydrogen-bond acceptors (Lipinski definition) is 6. The van der Waals surface area contributed by atoms with Crippen LogP contribution in [0.4, 0.5) is 9.59 Å². The van der Waals surface area contributed by atoms with Gasteiger partial charge in [-0.1, -0.05) is 54.1 Å². The molecule has 2 aromatic carbocycles. The Balaban J connectivity index is 1.63. The Labute approximate surface area is 216 Å². The Hall–Kier alpha value is -3.10. The molecule has 2 aliphatic heterocycles. The third kappa shape index (κ3) is 5.20. The number of cyclic esters (lactones) is 1. The van der Waals surface area contributed by atoms with Crippen LogP contribution in [0.15, 0.2) is 54.6 Å². The van der Waals surface area contributed by atoms with Crippen molar-refractivity contribution in [3.8, 4) is 0 Å². The third-order valence-electron chi connectivity index (χ3n) is 6.88. The highest BCUT2D eigenvalue weighted by molar-refractivity contribution is 6.30. The van der Waals surface area contributed by atoms with Crippen molar-refractivity contribution in [3.05, 3.63) is 70.7 Å². The van der Waals surface area contributed by atoms with Gasteiger partial charge in [0.05, 0.1) is 6.04 Å². The minimum atomic E-state index is -1.05. The van der Waals surface area contributed by atoms with Crippen LogP contribution in [0, 0.1) is 0 Å². The van der Waals surface area contributed by atoms with Crippen LogP contribution in [0.25, 0.3) is 0 Å². The molecule has 0 aliphatic carbocycles. The van der Waals surface area contributed by atoms with E-state index in [-0.39, 0.29) is 6.61 Å². The Kier molecular flexibility index (Phi) is 7.29. The zero-order valence-corrected chi connectivity index (χ0v) is 21.5. The maximum Gasteiger partial charge on any atom is 0.417 e. The first-order valence-corrected chi connectivity index (χ1v) is 12.4. The summed E-state index contributed by atoms with van der Waals surface area (Å²) in [6.07, 6.45) is -0.277. The SMILES string of the molecule is CC(C)(C)OC(=O)N1CCC(c2ccc(Cl)cc2)([C@H](N)C(=O)N2C(=O)OC[C@@H]2c2ccccc2)CC1. The number of nitrogens with two attached hydrogens (primary N) is 1. The number of ether oxygens (including phenoxy) is 2. The number of hydrogen-bond donors (Lipinski definition) is 1. The second-order valence-electron chi connectivity index (χ2n) is 10.3. The van der Waals surface area contributed by atoms with E-state index in [1.54, 1.807) is 17.0 Å². The molecule has 2 atom stereocenters. The van der Waals surface area contributed by atoms with Gasteiger partial charge < -0.3 is 20.1 Å². The van der Waals surface area contributed by atoms with E-state index in [2.05, 4.69) is 0 Å². The van der Waals surface area contributed by atoms with Crippen molar-refractivity contribution in [2.75, 3.05) is 19.7 Å². The molecule has 3 amide bonds. The first kappa shape index (κ1) is 26.0. The molecule has 2 aliphatic rings. The quantitative estimate of drug-likeness (QED) is 0.638. The largest absolute Gasteiger partial charge is 0.446 e. The number of carbonyl (C=O) groups is 3. The molecule has 4 rings (SSSR count). The highest BCUT2D eigenvalue weighted by Crippen LogP contribution is 2.41. The summed E-state index contributed by atoms with van der Waals surface area (Å²) >= 11 is 6.14. The van der Waals surface area contributed by atoms with E-state index < -0.39 is 41.2 Å². The first-order valence-electron chi connectivity index (χ1n) is 12.1. The summed E-state index contributed by atoms with van der Waals surface area (Å²) in [4.78, 5) is 42.0. The molecule has 2 N–H and O–H groups in total. The third-order valence-corrected chi connectivity index (χ3v) is 7.13. The number of halogens is 1. The van der Waals surface area contributed by atoms with Gasteiger partial charge in [-0.2, -0.15) is 0 Å². The van der Waals surface area contributed by atoms with Gasteiger partial charge in [0.2, 0.25) is 5.91 Å². The van der Waals surface area contributed by atoms with Gasteiger partial charge in [0.1, 0.15) is 18.2 Å².